The molecule has 0 fully saturated rings. The number of anilines is 2. The number of aryl methyl sites for hydroxylation is 2. The van der Waals surface area contributed by atoms with Crippen LogP contribution in [0.3, 0.4) is 0 Å². The molecule has 2 heterocycles. The van der Waals surface area contributed by atoms with Crippen LogP contribution < -0.4 is 10.6 Å². The Morgan fingerprint density at radius 2 is 1.69 bits per heavy atom. The normalized spacial score (nSPS) is 10.5. The maximum absolute atomic E-state index is 12.5. The molecule has 0 atom stereocenters. The maximum atomic E-state index is 12.5. The summed E-state index contributed by atoms with van der Waals surface area (Å²) in [5.74, 6) is -0.293. The van der Waals surface area contributed by atoms with Crippen molar-refractivity contribution in [3.05, 3.63) is 62.2 Å². The van der Waals surface area contributed by atoms with Crippen LogP contribution >= 0.6 is 22.7 Å². The highest BCUT2D eigenvalue weighted by atomic mass is 32.1. The SMILES string of the molecule is CCCc1nc(C)c(C(=O)Nc2ccc(NC(=O)c3cccs3)cc2)s1. The first kappa shape index (κ1) is 18.3. The van der Waals surface area contributed by atoms with Gasteiger partial charge >= 0.3 is 0 Å². The highest BCUT2D eigenvalue weighted by Crippen LogP contribution is 2.22. The molecule has 5 nitrogen and oxygen atoms in total. The Hall–Kier alpha value is -2.51. The molecule has 0 spiro atoms. The van der Waals surface area contributed by atoms with Gasteiger partial charge in [0.25, 0.3) is 11.8 Å². The van der Waals surface area contributed by atoms with Gasteiger partial charge < -0.3 is 10.6 Å². The lowest BCUT2D eigenvalue weighted by atomic mass is 10.2. The van der Waals surface area contributed by atoms with Gasteiger partial charge in [0.2, 0.25) is 0 Å². The molecule has 2 aromatic heterocycles. The zero-order valence-corrected chi connectivity index (χ0v) is 16.2. The Balaban J connectivity index is 1.63. The largest absolute Gasteiger partial charge is 0.321 e. The molecule has 7 heteroatoms. The minimum Gasteiger partial charge on any atom is -0.321 e. The van der Waals surface area contributed by atoms with Crippen molar-refractivity contribution in [3.8, 4) is 0 Å². The number of nitrogens with zero attached hydrogens (tertiary/aromatic N) is 1. The molecule has 1 aromatic carbocycles. The van der Waals surface area contributed by atoms with Gasteiger partial charge in [0.1, 0.15) is 4.88 Å². The van der Waals surface area contributed by atoms with E-state index >= 15 is 0 Å². The Bertz CT molecular complexity index is 900. The van der Waals surface area contributed by atoms with E-state index in [1.165, 1.54) is 22.7 Å². The van der Waals surface area contributed by atoms with E-state index in [4.69, 9.17) is 0 Å². The summed E-state index contributed by atoms with van der Waals surface area (Å²) in [4.78, 5) is 30.2. The molecule has 2 N–H and O–H groups in total. The van der Waals surface area contributed by atoms with Crippen LogP contribution in [0, 0.1) is 6.92 Å². The zero-order valence-electron chi connectivity index (χ0n) is 14.5. The number of amides is 2. The number of rotatable bonds is 6. The second-order valence-electron chi connectivity index (χ2n) is 5.74. The fourth-order valence-corrected chi connectivity index (χ4v) is 4.09. The summed E-state index contributed by atoms with van der Waals surface area (Å²) in [5.41, 5.74) is 2.12. The molecule has 3 aromatic rings. The van der Waals surface area contributed by atoms with Gasteiger partial charge in [-0.2, -0.15) is 0 Å². The number of nitrogens with one attached hydrogen (secondary N) is 2. The van der Waals surface area contributed by atoms with E-state index < -0.39 is 0 Å². The standard InChI is InChI=1S/C19H19N3O2S2/c1-3-5-16-20-12(2)17(26-16)19(24)22-14-9-7-13(8-10-14)21-18(23)15-6-4-11-25-15/h4,6-11H,3,5H2,1-2H3,(H,21,23)(H,22,24). The fourth-order valence-electron chi connectivity index (χ4n) is 2.41. The van der Waals surface area contributed by atoms with Gasteiger partial charge in [-0.3, -0.25) is 9.59 Å². The van der Waals surface area contributed by atoms with Gasteiger partial charge in [0.15, 0.2) is 0 Å². The van der Waals surface area contributed by atoms with Crippen LogP contribution in [-0.2, 0) is 6.42 Å². The first-order chi connectivity index (χ1) is 12.6. The van der Waals surface area contributed by atoms with Crippen LogP contribution in [0.2, 0.25) is 0 Å². The second kappa shape index (κ2) is 8.25. The van der Waals surface area contributed by atoms with Gasteiger partial charge in [0.05, 0.1) is 15.6 Å². The first-order valence-electron chi connectivity index (χ1n) is 8.29. The minimum absolute atomic E-state index is 0.138. The lowest BCUT2D eigenvalue weighted by molar-refractivity contribution is 0.102. The number of hydrogen-bond donors (Lipinski definition) is 2. The van der Waals surface area contributed by atoms with E-state index in [0.717, 1.165) is 23.5 Å². The molecule has 26 heavy (non-hydrogen) atoms. The lowest BCUT2D eigenvalue weighted by Gasteiger charge is -2.07. The third-order valence-electron chi connectivity index (χ3n) is 3.66. The maximum Gasteiger partial charge on any atom is 0.267 e. The number of carbonyl (C=O) groups is 2. The Kier molecular flexibility index (Phi) is 5.80. The molecule has 0 radical (unpaired) electrons. The number of hydrogen-bond acceptors (Lipinski definition) is 5. The van der Waals surface area contributed by atoms with E-state index in [2.05, 4.69) is 22.5 Å². The molecule has 134 valence electrons. The first-order valence-corrected chi connectivity index (χ1v) is 9.99. The highest BCUT2D eigenvalue weighted by Gasteiger charge is 2.15. The third kappa shape index (κ3) is 4.36. The van der Waals surface area contributed by atoms with Gasteiger partial charge in [-0.25, -0.2) is 4.98 Å². The van der Waals surface area contributed by atoms with Crippen molar-refractivity contribution in [1.29, 1.82) is 0 Å². The molecule has 0 aliphatic carbocycles. The Morgan fingerprint density at radius 1 is 1.04 bits per heavy atom. The summed E-state index contributed by atoms with van der Waals surface area (Å²) >= 11 is 2.83. The molecule has 0 aliphatic heterocycles. The predicted molar refractivity (Wildman–Crippen MR) is 108 cm³/mol. The molecule has 0 saturated carbocycles. The number of benzene rings is 1. The van der Waals surface area contributed by atoms with Crippen molar-refractivity contribution in [2.45, 2.75) is 26.7 Å². The van der Waals surface area contributed by atoms with Crippen molar-refractivity contribution in [3.63, 3.8) is 0 Å². The zero-order chi connectivity index (χ0) is 18.5. The molecule has 2 amide bonds. The van der Waals surface area contributed by atoms with Crippen molar-refractivity contribution in [2.75, 3.05) is 10.6 Å². The van der Waals surface area contributed by atoms with Crippen molar-refractivity contribution >= 4 is 45.9 Å². The van der Waals surface area contributed by atoms with Crippen LogP contribution in [0.15, 0.2) is 41.8 Å². The molecule has 0 unspecified atom stereocenters. The number of aromatic nitrogens is 1. The van der Waals surface area contributed by atoms with Crippen LogP contribution in [0.25, 0.3) is 0 Å². The lowest BCUT2D eigenvalue weighted by Crippen LogP contribution is -2.12. The summed E-state index contributed by atoms with van der Waals surface area (Å²) in [6.07, 6.45) is 1.89. The fraction of sp³-hybridized carbons (Fsp3) is 0.211. The second-order valence-corrected chi connectivity index (χ2v) is 7.77. The topological polar surface area (TPSA) is 71.1 Å². The number of thiophene rings is 1. The Labute approximate surface area is 160 Å². The molecular weight excluding hydrogens is 366 g/mol. The van der Waals surface area contributed by atoms with E-state index in [0.29, 0.717) is 21.1 Å². The summed E-state index contributed by atoms with van der Waals surface area (Å²) in [7, 11) is 0. The van der Waals surface area contributed by atoms with E-state index in [9.17, 15) is 9.59 Å². The third-order valence-corrected chi connectivity index (χ3v) is 5.74. The monoisotopic (exact) mass is 385 g/mol. The predicted octanol–water partition coefficient (Wildman–Crippen LogP) is 4.97. The smallest absolute Gasteiger partial charge is 0.267 e. The van der Waals surface area contributed by atoms with Gasteiger partial charge in [-0.15, -0.1) is 22.7 Å². The number of thiazole rings is 1. The molecule has 0 saturated heterocycles. The molecule has 0 aliphatic rings. The average molecular weight is 386 g/mol. The Morgan fingerprint density at radius 3 is 2.27 bits per heavy atom. The minimum atomic E-state index is -0.155. The van der Waals surface area contributed by atoms with Crippen LogP contribution in [-0.4, -0.2) is 16.8 Å². The molecule has 0 bridgehead atoms. The highest BCUT2D eigenvalue weighted by molar-refractivity contribution is 7.14. The van der Waals surface area contributed by atoms with Crippen LogP contribution in [0.4, 0.5) is 11.4 Å². The van der Waals surface area contributed by atoms with Crippen molar-refractivity contribution in [1.82, 2.24) is 4.98 Å². The van der Waals surface area contributed by atoms with Crippen LogP contribution in [0.1, 0.15) is 43.4 Å². The van der Waals surface area contributed by atoms with E-state index in [1.807, 2.05) is 18.4 Å². The van der Waals surface area contributed by atoms with E-state index in [1.54, 1.807) is 30.3 Å². The van der Waals surface area contributed by atoms with Gasteiger partial charge in [-0.05, 0) is 55.5 Å². The average Bonchev–Trinajstić information content (AvgIpc) is 3.27. The summed E-state index contributed by atoms with van der Waals surface area (Å²) < 4.78 is 0. The summed E-state index contributed by atoms with van der Waals surface area (Å²) in [5, 5.41) is 8.57. The molecular formula is C19H19N3O2S2. The van der Waals surface area contributed by atoms with Gasteiger partial charge in [0, 0.05) is 11.4 Å². The number of carbonyl (C=O) groups excluding carboxylic acids is 2. The van der Waals surface area contributed by atoms with Crippen molar-refractivity contribution < 1.29 is 9.59 Å². The van der Waals surface area contributed by atoms with E-state index in [-0.39, 0.29) is 11.8 Å². The quantitative estimate of drug-likeness (QED) is 0.629. The summed E-state index contributed by atoms with van der Waals surface area (Å²) in [6.45, 7) is 3.95. The van der Waals surface area contributed by atoms with Crippen molar-refractivity contribution in [2.24, 2.45) is 0 Å². The van der Waals surface area contributed by atoms with Gasteiger partial charge in [-0.1, -0.05) is 13.0 Å². The van der Waals surface area contributed by atoms with Crippen LogP contribution in [0.5, 0.6) is 0 Å². The molecule has 3 rings (SSSR count). The summed E-state index contributed by atoms with van der Waals surface area (Å²) in [6, 6.07) is 10.7.